The molecule has 156 valence electrons. The Morgan fingerprint density at radius 2 is 2.10 bits per heavy atom. The van der Waals surface area contributed by atoms with Crippen LogP contribution in [0.1, 0.15) is 24.5 Å². The zero-order valence-electron chi connectivity index (χ0n) is 17.7. The molecule has 0 saturated carbocycles. The minimum atomic E-state index is -0.162. The number of nitrogens with one attached hydrogen (secondary N) is 2. The van der Waals surface area contributed by atoms with Crippen LogP contribution in [0, 0.1) is 6.92 Å². The number of hydrogen-bond donors (Lipinski definition) is 2. The van der Waals surface area contributed by atoms with Gasteiger partial charge in [-0.25, -0.2) is 0 Å². The summed E-state index contributed by atoms with van der Waals surface area (Å²) in [5.41, 5.74) is 4.95. The van der Waals surface area contributed by atoms with Crippen molar-refractivity contribution in [1.82, 2.24) is 15.2 Å². The van der Waals surface area contributed by atoms with Gasteiger partial charge < -0.3 is 15.0 Å². The van der Waals surface area contributed by atoms with Crippen molar-refractivity contribution < 1.29 is 9.53 Å². The second-order valence-corrected chi connectivity index (χ2v) is 7.85. The number of aromatic nitrogens is 1. The number of carbonyl (C=O) groups is 1. The van der Waals surface area contributed by atoms with Crippen molar-refractivity contribution in [3.63, 3.8) is 0 Å². The maximum absolute atomic E-state index is 12.6. The lowest BCUT2D eigenvalue weighted by molar-refractivity contribution is -0.125. The average Bonchev–Trinajstić information content (AvgIpc) is 3.20. The molecule has 4 rings (SSSR count). The van der Waals surface area contributed by atoms with E-state index in [0.717, 1.165) is 36.3 Å². The van der Waals surface area contributed by atoms with Gasteiger partial charge in [-0.3, -0.25) is 9.69 Å². The fourth-order valence-corrected chi connectivity index (χ4v) is 3.98. The number of ether oxygens (including phenoxy) is 1. The average molecular weight is 404 g/mol. The number of amides is 1. The number of carbonyl (C=O) groups excluding carboxylic acids is 1. The minimum Gasteiger partial charge on any atom is -0.492 e. The van der Waals surface area contributed by atoms with Crippen LogP contribution in [0.2, 0.25) is 0 Å². The Labute approximate surface area is 177 Å². The molecule has 0 fully saturated rings. The van der Waals surface area contributed by atoms with Crippen molar-refractivity contribution in [2.75, 3.05) is 26.2 Å². The molecule has 2 aromatic carbocycles. The van der Waals surface area contributed by atoms with Crippen LogP contribution in [0.5, 0.6) is 5.75 Å². The summed E-state index contributed by atoms with van der Waals surface area (Å²) in [5, 5.41) is 4.26. The number of aryl methyl sites for hydroxylation is 1. The van der Waals surface area contributed by atoms with Crippen LogP contribution in [0.15, 0.2) is 60.8 Å². The molecule has 0 spiro atoms. The van der Waals surface area contributed by atoms with Gasteiger partial charge in [-0.2, -0.15) is 0 Å². The Morgan fingerprint density at radius 1 is 1.23 bits per heavy atom. The quantitative estimate of drug-likeness (QED) is 0.583. The molecule has 1 aliphatic heterocycles. The molecule has 1 amide bonds. The van der Waals surface area contributed by atoms with Gasteiger partial charge >= 0.3 is 0 Å². The third-order valence-corrected chi connectivity index (χ3v) is 5.76. The van der Waals surface area contributed by atoms with Gasteiger partial charge in [0.15, 0.2) is 0 Å². The smallest absolute Gasteiger partial charge is 0.237 e. The number of H-pyrrole nitrogens is 1. The molecule has 0 unspecified atom stereocenters. The summed E-state index contributed by atoms with van der Waals surface area (Å²) in [7, 11) is 0. The molecule has 1 atom stereocenters. The van der Waals surface area contributed by atoms with E-state index in [2.05, 4.69) is 45.7 Å². The van der Waals surface area contributed by atoms with E-state index < -0.39 is 0 Å². The highest BCUT2D eigenvalue weighted by molar-refractivity contribution is 5.92. The topological polar surface area (TPSA) is 57.4 Å². The Bertz CT molecular complexity index is 1050. The van der Waals surface area contributed by atoms with Gasteiger partial charge in [-0.15, -0.1) is 0 Å². The molecule has 1 aliphatic rings. The first-order chi connectivity index (χ1) is 14.6. The lowest BCUT2D eigenvalue weighted by Gasteiger charge is -2.31. The number of aromatic amines is 1. The highest BCUT2D eigenvalue weighted by Gasteiger charge is 2.23. The SMILES string of the molecule is Cc1cccc(OCCNC(=O)[C@@H](C)N2CC=C(c3c[nH]c4ccccc34)CC2)c1. The van der Waals surface area contributed by atoms with Gasteiger partial charge in [0.25, 0.3) is 0 Å². The molecule has 2 N–H and O–H groups in total. The summed E-state index contributed by atoms with van der Waals surface area (Å²) in [6, 6.07) is 16.2. The Kier molecular flexibility index (Phi) is 6.19. The molecule has 5 nitrogen and oxygen atoms in total. The number of benzene rings is 2. The molecule has 0 aliphatic carbocycles. The Hall–Kier alpha value is -3.05. The van der Waals surface area contributed by atoms with Crippen molar-refractivity contribution in [1.29, 1.82) is 0 Å². The third kappa shape index (κ3) is 4.57. The molecule has 30 heavy (non-hydrogen) atoms. The van der Waals surface area contributed by atoms with Crippen LogP contribution in [0.25, 0.3) is 16.5 Å². The largest absolute Gasteiger partial charge is 0.492 e. The molecule has 0 radical (unpaired) electrons. The van der Waals surface area contributed by atoms with E-state index in [1.807, 2.05) is 44.2 Å². The van der Waals surface area contributed by atoms with Crippen LogP contribution >= 0.6 is 0 Å². The third-order valence-electron chi connectivity index (χ3n) is 5.76. The van der Waals surface area contributed by atoms with Crippen molar-refractivity contribution >= 4 is 22.4 Å². The maximum Gasteiger partial charge on any atom is 0.237 e. The highest BCUT2D eigenvalue weighted by atomic mass is 16.5. The normalized spacial score (nSPS) is 15.6. The zero-order chi connectivity index (χ0) is 20.9. The van der Waals surface area contributed by atoms with Crippen LogP contribution in [-0.4, -0.2) is 48.1 Å². The van der Waals surface area contributed by atoms with Crippen LogP contribution < -0.4 is 10.1 Å². The van der Waals surface area contributed by atoms with Gasteiger partial charge in [0.2, 0.25) is 5.91 Å². The fraction of sp³-hybridized carbons (Fsp3) is 0.320. The predicted molar refractivity (Wildman–Crippen MR) is 122 cm³/mol. The summed E-state index contributed by atoms with van der Waals surface area (Å²) in [6.45, 7) is 6.63. The summed E-state index contributed by atoms with van der Waals surface area (Å²) in [4.78, 5) is 18.1. The van der Waals surface area contributed by atoms with E-state index in [1.165, 1.54) is 16.5 Å². The minimum absolute atomic E-state index is 0.0480. The standard InChI is InChI=1S/C25H29N3O2/c1-18-6-5-7-21(16-18)30-15-12-26-25(29)19(2)28-13-10-20(11-14-28)23-17-27-24-9-4-3-8-22(23)24/h3-10,16-17,19,27H,11-15H2,1-2H3,(H,26,29)/t19-/m1/s1. The lowest BCUT2D eigenvalue weighted by atomic mass is 9.98. The summed E-state index contributed by atoms with van der Waals surface area (Å²) in [6.07, 6.45) is 5.29. The monoisotopic (exact) mass is 403 g/mol. The van der Waals surface area contributed by atoms with Crippen molar-refractivity contribution in [3.8, 4) is 5.75 Å². The van der Waals surface area contributed by atoms with Crippen LogP contribution in [0.3, 0.4) is 0 Å². The molecule has 3 aromatic rings. The van der Waals surface area contributed by atoms with Crippen LogP contribution in [-0.2, 0) is 4.79 Å². The van der Waals surface area contributed by atoms with E-state index in [0.29, 0.717) is 13.2 Å². The van der Waals surface area contributed by atoms with Crippen LogP contribution in [0.4, 0.5) is 0 Å². The molecule has 0 saturated heterocycles. The second kappa shape index (κ2) is 9.18. The van der Waals surface area contributed by atoms with Gasteiger partial charge in [-0.05, 0) is 49.6 Å². The summed E-state index contributed by atoms with van der Waals surface area (Å²) >= 11 is 0. The first-order valence-corrected chi connectivity index (χ1v) is 10.6. The predicted octanol–water partition coefficient (Wildman–Crippen LogP) is 4.15. The number of rotatable bonds is 7. The van der Waals surface area contributed by atoms with E-state index in [9.17, 15) is 4.79 Å². The zero-order valence-corrected chi connectivity index (χ0v) is 17.7. The van der Waals surface area contributed by atoms with Gasteiger partial charge in [0.05, 0.1) is 12.6 Å². The molecule has 2 heterocycles. The number of para-hydroxylation sites is 1. The summed E-state index contributed by atoms with van der Waals surface area (Å²) < 4.78 is 5.71. The van der Waals surface area contributed by atoms with Crippen molar-refractivity contribution in [2.45, 2.75) is 26.3 Å². The van der Waals surface area contributed by atoms with E-state index in [4.69, 9.17) is 4.74 Å². The number of nitrogens with zero attached hydrogens (tertiary/aromatic N) is 1. The van der Waals surface area contributed by atoms with Crippen molar-refractivity contribution in [2.24, 2.45) is 0 Å². The molecule has 0 bridgehead atoms. The fourth-order valence-electron chi connectivity index (χ4n) is 3.98. The summed E-state index contributed by atoms with van der Waals surface area (Å²) in [5.74, 6) is 0.884. The van der Waals surface area contributed by atoms with Gasteiger partial charge in [-0.1, -0.05) is 36.4 Å². The Balaban J connectivity index is 1.27. The molecular weight excluding hydrogens is 374 g/mol. The first kappa shape index (κ1) is 20.2. The van der Waals surface area contributed by atoms with Crippen molar-refractivity contribution in [3.05, 3.63) is 71.9 Å². The van der Waals surface area contributed by atoms with E-state index in [-0.39, 0.29) is 11.9 Å². The van der Waals surface area contributed by atoms with E-state index >= 15 is 0 Å². The Morgan fingerprint density at radius 3 is 2.90 bits per heavy atom. The van der Waals surface area contributed by atoms with Gasteiger partial charge in [0.1, 0.15) is 12.4 Å². The second-order valence-electron chi connectivity index (χ2n) is 7.85. The molecule has 5 heteroatoms. The number of fused-ring (bicyclic) bond motifs is 1. The maximum atomic E-state index is 12.6. The lowest BCUT2D eigenvalue weighted by Crippen LogP contribution is -2.47. The van der Waals surface area contributed by atoms with Gasteiger partial charge in [0, 0.05) is 35.8 Å². The number of hydrogen-bond acceptors (Lipinski definition) is 3. The molecular formula is C25H29N3O2. The first-order valence-electron chi connectivity index (χ1n) is 10.6. The highest BCUT2D eigenvalue weighted by Crippen LogP contribution is 2.29. The molecule has 1 aromatic heterocycles. The van der Waals surface area contributed by atoms with E-state index in [1.54, 1.807) is 0 Å².